The summed E-state index contributed by atoms with van der Waals surface area (Å²) in [7, 11) is 1.15. The van der Waals surface area contributed by atoms with Gasteiger partial charge in [-0.1, -0.05) is 0 Å². The summed E-state index contributed by atoms with van der Waals surface area (Å²) in [6.07, 6.45) is 1.74. The van der Waals surface area contributed by atoms with Crippen LogP contribution in [-0.2, 0) is 18.9 Å². The molecule has 3 aliphatic rings. The molecule has 27 heavy (non-hydrogen) atoms. The lowest BCUT2D eigenvalue weighted by Crippen LogP contribution is -2.61. The third kappa shape index (κ3) is 3.55. The summed E-state index contributed by atoms with van der Waals surface area (Å²) >= 11 is 0. The fourth-order valence-electron chi connectivity index (χ4n) is 2.92. The van der Waals surface area contributed by atoms with Gasteiger partial charge < -0.3 is 34.0 Å². The molecule has 11 heteroatoms. The van der Waals surface area contributed by atoms with Crippen LogP contribution >= 0.6 is 0 Å². The van der Waals surface area contributed by atoms with Crippen LogP contribution in [0.25, 0.3) is 0 Å². The van der Waals surface area contributed by atoms with Gasteiger partial charge in [0.2, 0.25) is 18.0 Å². The highest BCUT2D eigenvalue weighted by molar-refractivity contribution is 5.96. The Hall–Kier alpha value is -2.79. The normalized spacial score (nSPS) is 23.7. The van der Waals surface area contributed by atoms with Crippen molar-refractivity contribution < 1.29 is 33.3 Å². The molecule has 1 N–H and O–H groups in total. The summed E-state index contributed by atoms with van der Waals surface area (Å²) in [6, 6.07) is 1.25. The Bertz CT molecular complexity index is 805. The van der Waals surface area contributed by atoms with Crippen LogP contribution in [0.3, 0.4) is 0 Å². The van der Waals surface area contributed by atoms with Gasteiger partial charge in [-0.15, -0.1) is 0 Å². The number of carbonyl (C=O) groups excluding carboxylic acids is 2. The van der Waals surface area contributed by atoms with Gasteiger partial charge in [0.05, 0.1) is 26.4 Å². The van der Waals surface area contributed by atoms with Crippen molar-refractivity contribution in [2.24, 2.45) is 0 Å². The molecule has 3 heterocycles. The Morgan fingerprint density at radius 2 is 2.19 bits per heavy atom. The monoisotopic (exact) mass is 381 g/mol. The van der Waals surface area contributed by atoms with E-state index >= 15 is 0 Å². The summed E-state index contributed by atoms with van der Waals surface area (Å²) < 4.78 is 27.0. The molecule has 146 valence electrons. The van der Waals surface area contributed by atoms with E-state index in [0.29, 0.717) is 0 Å². The van der Waals surface area contributed by atoms with Crippen LogP contribution in [-0.4, -0.2) is 67.3 Å². The van der Waals surface area contributed by atoms with Gasteiger partial charge in [0.15, 0.2) is 12.0 Å². The molecule has 1 saturated heterocycles. The van der Waals surface area contributed by atoms with Gasteiger partial charge in [-0.3, -0.25) is 14.3 Å². The predicted octanol–water partition coefficient (Wildman–Crippen LogP) is -0.172. The van der Waals surface area contributed by atoms with Crippen molar-refractivity contribution in [2.45, 2.75) is 31.4 Å². The first-order chi connectivity index (χ1) is 13.1. The molecule has 1 saturated carbocycles. The number of morpholine rings is 1. The van der Waals surface area contributed by atoms with Crippen molar-refractivity contribution in [3.8, 4) is 5.75 Å². The highest BCUT2D eigenvalue weighted by Gasteiger charge is 2.41. The Morgan fingerprint density at radius 3 is 2.93 bits per heavy atom. The first-order valence-electron chi connectivity index (χ1n) is 8.50. The van der Waals surface area contributed by atoms with Crippen molar-refractivity contribution >= 4 is 12.1 Å². The highest BCUT2D eigenvalue weighted by atomic mass is 16.8. The molecule has 11 nitrogen and oxygen atoms in total. The number of nitrogens with zero attached hydrogens (tertiary/aromatic N) is 2. The molecule has 0 aromatic carbocycles. The zero-order chi connectivity index (χ0) is 19.0. The lowest BCUT2D eigenvalue weighted by atomic mass is 10.2. The summed E-state index contributed by atoms with van der Waals surface area (Å²) in [5.74, 6) is -0.624. The van der Waals surface area contributed by atoms with E-state index in [2.05, 4.69) is 14.9 Å². The second-order valence-electron chi connectivity index (χ2n) is 6.29. The van der Waals surface area contributed by atoms with E-state index in [9.17, 15) is 14.4 Å². The van der Waals surface area contributed by atoms with Crippen LogP contribution in [0.15, 0.2) is 17.1 Å². The highest BCUT2D eigenvalue weighted by Crippen LogP contribution is 2.29. The van der Waals surface area contributed by atoms with Gasteiger partial charge in [0, 0.05) is 12.3 Å². The van der Waals surface area contributed by atoms with Crippen LogP contribution in [0.2, 0.25) is 0 Å². The van der Waals surface area contributed by atoms with Gasteiger partial charge >= 0.3 is 6.16 Å². The molecule has 1 unspecified atom stereocenters. The third-order valence-electron chi connectivity index (χ3n) is 4.38. The lowest BCUT2D eigenvalue weighted by molar-refractivity contribution is -0.191. The van der Waals surface area contributed by atoms with E-state index in [4.69, 9.17) is 14.2 Å². The van der Waals surface area contributed by atoms with Gasteiger partial charge in [0.1, 0.15) is 6.17 Å². The van der Waals surface area contributed by atoms with Gasteiger partial charge in [-0.25, -0.2) is 4.79 Å². The molecule has 2 atom stereocenters. The van der Waals surface area contributed by atoms with E-state index in [1.165, 1.54) is 16.9 Å². The van der Waals surface area contributed by atoms with Crippen LogP contribution in [0.5, 0.6) is 5.75 Å². The number of carbonyl (C=O) groups is 2. The Labute approximate surface area is 153 Å². The van der Waals surface area contributed by atoms with E-state index < -0.39 is 36.7 Å². The minimum absolute atomic E-state index is 0.0132. The SMILES string of the molecule is COC(=O)OCOc1c2n(ccc1=O)N[C@@H]1COC(OC3CC3)CN1C2=O. The molecule has 4 rings (SSSR count). The minimum Gasteiger partial charge on any atom is -0.451 e. The van der Waals surface area contributed by atoms with Crippen LogP contribution in [0, 0.1) is 0 Å². The third-order valence-corrected chi connectivity index (χ3v) is 4.38. The number of amides is 1. The maximum absolute atomic E-state index is 13.0. The number of ether oxygens (including phenoxy) is 5. The molecule has 1 aliphatic carbocycles. The van der Waals surface area contributed by atoms with E-state index in [1.54, 1.807) is 4.90 Å². The number of aromatic nitrogens is 1. The van der Waals surface area contributed by atoms with Crippen LogP contribution < -0.4 is 15.6 Å². The van der Waals surface area contributed by atoms with Crippen molar-refractivity contribution in [1.29, 1.82) is 0 Å². The zero-order valence-electron chi connectivity index (χ0n) is 14.6. The Balaban J connectivity index is 1.54. The van der Waals surface area contributed by atoms with Crippen molar-refractivity contribution in [1.82, 2.24) is 9.58 Å². The second-order valence-corrected chi connectivity index (χ2v) is 6.29. The first-order valence-corrected chi connectivity index (χ1v) is 8.50. The van der Waals surface area contributed by atoms with Crippen molar-refractivity contribution in [2.75, 3.05) is 32.5 Å². The smallest absolute Gasteiger partial charge is 0.451 e. The van der Waals surface area contributed by atoms with Gasteiger partial charge in [-0.2, -0.15) is 0 Å². The standard InChI is InChI=1S/C16H19N3O8/c1-23-16(22)26-8-25-14-10(20)4-5-19-13(14)15(21)18-6-12(27-9-2-3-9)24-7-11(18)17-19/h4-5,9,11-12,17H,2-3,6-8H2,1H3/t11-,12?/m0/s1. The van der Waals surface area contributed by atoms with Gasteiger partial charge in [-0.05, 0) is 12.8 Å². The number of rotatable bonds is 5. The van der Waals surface area contributed by atoms with E-state index in [-0.39, 0.29) is 30.7 Å². The molecule has 1 aromatic rings. The zero-order valence-corrected chi connectivity index (χ0v) is 14.6. The summed E-state index contributed by atoms with van der Waals surface area (Å²) in [5.41, 5.74) is 2.59. The molecule has 0 radical (unpaired) electrons. The summed E-state index contributed by atoms with van der Waals surface area (Å²) in [6.45, 7) is -0.0866. The molecular formula is C16H19N3O8. The fourth-order valence-corrected chi connectivity index (χ4v) is 2.92. The molecule has 0 bridgehead atoms. The molecule has 1 aromatic heterocycles. The quantitative estimate of drug-likeness (QED) is 0.548. The van der Waals surface area contributed by atoms with Crippen molar-refractivity contribution in [3.05, 3.63) is 28.2 Å². The average molecular weight is 381 g/mol. The predicted molar refractivity (Wildman–Crippen MR) is 87.7 cm³/mol. The van der Waals surface area contributed by atoms with E-state index in [1.807, 2.05) is 0 Å². The number of nitrogens with one attached hydrogen (secondary N) is 1. The Kier molecular flexibility index (Phi) is 4.62. The fraction of sp³-hybridized carbons (Fsp3) is 0.562. The topological polar surface area (TPSA) is 118 Å². The molecule has 0 spiro atoms. The number of pyridine rings is 1. The average Bonchev–Trinajstić information content (AvgIpc) is 3.48. The maximum atomic E-state index is 13.0. The second kappa shape index (κ2) is 7.08. The largest absolute Gasteiger partial charge is 0.510 e. The number of hydrogen-bond acceptors (Lipinski definition) is 9. The molecular weight excluding hydrogens is 362 g/mol. The van der Waals surface area contributed by atoms with Crippen LogP contribution in [0.1, 0.15) is 23.3 Å². The molecule has 1 amide bonds. The Morgan fingerprint density at radius 1 is 1.37 bits per heavy atom. The first kappa shape index (κ1) is 17.6. The van der Waals surface area contributed by atoms with Crippen molar-refractivity contribution in [3.63, 3.8) is 0 Å². The maximum Gasteiger partial charge on any atom is 0.510 e. The van der Waals surface area contributed by atoms with Gasteiger partial charge in [0.25, 0.3) is 5.91 Å². The summed E-state index contributed by atoms with van der Waals surface area (Å²) in [4.78, 5) is 37.8. The summed E-state index contributed by atoms with van der Waals surface area (Å²) in [5, 5.41) is 0. The minimum atomic E-state index is -0.960. The van der Waals surface area contributed by atoms with Crippen LogP contribution in [0.4, 0.5) is 4.79 Å². The lowest BCUT2D eigenvalue weighted by Gasteiger charge is -2.43. The number of hydrogen-bond donors (Lipinski definition) is 1. The van der Waals surface area contributed by atoms with E-state index in [0.717, 1.165) is 20.0 Å². The number of fused-ring (bicyclic) bond motifs is 2. The molecule has 2 fully saturated rings. The number of methoxy groups -OCH3 is 1. The molecule has 2 aliphatic heterocycles.